The lowest BCUT2D eigenvalue weighted by atomic mass is 10.0. The zero-order chi connectivity index (χ0) is 43.2. The molecule has 306 valence electrons. The number of para-hydroxylation sites is 2. The van der Waals surface area contributed by atoms with Crippen LogP contribution in [0, 0.1) is 0 Å². The minimum Gasteiger partial charge on any atom is -0.311 e. The molecule has 1 heterocycles. The van der Waals surface area contributed by atoms with Crippen LogP contribution in [0.25, 0.3) is 43.8 Å². The molecule has 0 saturated heterocycles. The van der Waals surface area contributed by atoms with Crippen molar-refractivity contribution >= 4 is 84.5 Å². The van der Waals surface area contributed by atoms with E-state index in [4.69, 9.17) is 0 Å². The number of fused-ring (bicyclic) bond motifs is 5. The molecule has 0 bridgehead atoms. The molecule has 12 rings (SSSR count). The highest BCUT2D eigenvalue weighted by Crippen LogP contribution is 2.42. The van der Waals surface area contributed by atoms with Gasteiger partial charge in [0.2, 0.25) is 0 Å². The van der Waals surface area contributed by atoms with E-state index in [0.717, 1.165) is 22.7 Å². The number of rotatable bonds is 8. The summed E-state index contributed by atoms with van der Waals surface area (Å²) in [5, 5.41) is 10.5. The third-order valence-electron chi connectivity index (χ3n) is 13.3. The molecule has 0 amide bonds. The maximum Gasteiger partial charge on any atom is 0.184 e. The zero-order valence-corrected chi connectivity index (χ0v) is 36.8. The van der Waals surface area contributed by atoms with Crippen LogP contribution in [0.2, 0.25) is 0 Å². The number of anilines is 6. The summed E-state index contributed by atoms with van der Waals surface area (Å²) in [7, 11) is -2.78. The fourth-order valence-corrected chi connectivity index (χ4v) is 15.4. The lowest BCUT2D eigenvalue weighted by Crippen LogP contribution is -2.77. The molecule has 1 aliphatic heterocycles. The van der Waals surface area contributed by atoms with Crippen LogP contribution >= 0.6 is 0 Å². The molecule has 0 unspecified atom stereocenters. The minimum absolute atomic E-state index is 1.10. The summed E-state index contributed by atoms with van der Waals surface area (Å²) in [6.45, 7) is 0. The fourth-order valence-electron chi connectivity index (χ4n) is 10.3. The van der Waals surface area contributed by atoms with E-state index in [2.05, 4.69) is 277 Å². The SMILES string of the molecule is c1ccc(-c2ccc(N(c3ccc(-c4ccc5c(c4)N(c4ccccc4)c4ccccc4[Si]5(c4ccccc4)c4ccccc4)cc3)c3ccc4c(ccc5ccccc54)c3)cc2)cc1. The van der Waals surface area contributed by atoms with Gasteiger partial charge in [0.15, 0.2) is 8.07 Å². The molecule has 11 aromatic rings. The molecule has 0 atom stereocenters. The first-order chi connectivity index (χ1) is 32.2. The molecule has 0 N–H and O–H groups in total. The van der Waals surface area contributed by atoms with E-state index in [0.29, 0.717) is 0 Å². The zero-order valence-electron chi connectivity index (χ0n) is 35.8. The average molecular weight is 845 g/mol. The standard InChI is InChI=1S/C62H44N2Si/c1-5-17-45(18-6-1)46-31-36-52(37-32-46)63(54-40-41-58-50(43-54)30-29-48-19-13-14-26-57(48)58)53-38-33-47(34-39-53)49-35-42-62-60(44-49)64(51-20-7-2-8-21-51)59-27-15-16-28-61(59)65(62,55-22-9-3-10-23-55)56-24-11-4-12-25-56/h1-44H. The fraction of sp³-hybridized carbons (Fsp3) is 0. The van der Waals surface area contributed by atoms with Crippen LogP contribution in [0.5, 0.6) is 0 Å². The highest BCUT2D eigenvalue weighted by atomic mass is 28.3. The Kier molecular flexibility index (Phi) is 9.55. The molecule has 0 radical (unpaired) electrons. The smallest absolute Gasteiger partial charge is 0.184 e. The van der Waals surface area contributed by atoms with Crippen LogP contribution in [0.3, 0.4) is 0 Å². The van der Waals surface area contributed by atoms with Crippen LogP contribution in [0.4, 0.5) is 34.1 Å². The molecular weight excluding hydrogens is 801 g/mol. The van der Waals surface area contributed by atoms with Gasteiger partial charge < -0.3 is 9.80 Å². The van der Waals surface area contributed by atoms with E-state index in [1.165, 1.54) is 75.9 Å². The van der Waals surface area contributed by atoms with Gasteiger partial charge in [0.1, 0.15) is 0 Å². The predicted octanol–water partition coefficient (Wildman–Crippen LogP) is 14.0. The number of hydrogen-bond donors (Lipinski definition) is 0. The third-order valence-corrected chi connectivity index (χ3v) is 18.2. The Hall–Kier alpha value is -8.24. The molecule has 65 heavy (non-hydrogen) atoms. The summed E-state index contributed by atoms with van der Waals surface area (Å²) in [6, 6.07) is 98.4. The van der Waals surface area contributed by atoms with Crippen LogP contribution in [0.15, 0.2) is 267 Å². The van der Waals surface area contributed by atoms with E-state index < -0.39 is 8.07 Å². The molecule has 3 heteroatoms. The lowest BCUT2D eigenvalue weighted by molar-refractivity contribution is 1.28. The monoisotopic (exact) mass is 844 g/mol. The number of nitrogens with zero attached hydrogens (tertiary/aromatic N) is 2. The molecule has 0 spiro atoms. The first-order valence-electron chi connectivity index (χ1n) is 22.4. The van der Waals surface area contributed by atoms with Crippen molar-refractivity contribution in [2.24, 2.45) is 0 Å². The topological polar surface area (TPSA) is 6.48 Å². The van der Waals surface area contributed by atoms with Gasteiger partial charge in [-0.05, 0) is 125 Å². The van der Waals surface area contributed by atoms with E-state index in [-0.39, 0.29) is 0 Å². The molecule has 0 saturated carbocycles. The second kappa shape index (κ2) is 16.1. The van der Waals surface area contributed by atoms with Gasteiger partial charge in [0, 0.05) is 34.1 Å². The van der Waals surface area contributed by atoms with Gasteiger partial charge in [-0.1, -0.05) is 206 Å². The van der Waals surface area contributed by atoms with E-state index in [9.17, 15) is 0 Å². The maximum absolute atomic E-state index is 2.78. The van der Waals surface area contributed by atoms with Crippen molar-refractivity contribution in [1.29, 1.82) is 0 Å². The van der Waals surface area contributed by atoms with Crippen LogP contribution < -0.4 is 30.5 Å². The number of hydrogen-bond acceptors (Lipinski definition) is 2. The van der Waals surface area contributed by atoms with Gasteiger partial charge in [0.05, 0.1) is 0 Å². The highest BCUT2D eigenvalue weighted by Gasteiger charge is 2.48. The second-order valence-corrected chi connectivity index (χ2v) is 20.6. The molecule has 1 aliphatic rings. The van der Waals surface area contributed by atoms with Gasteiger partial charge in [0.25, 0.3) is 0 Å². The van der Waals surface area contributed by atoms with Crippen molar-refractivity contribution in [1.82, 2.24) is 0 Å². The van der Waals surface area contributed by atoms with Crippen molar-refractivity contribution < 1.29 is 0 Å². The van der Waals surface area contributed by atoms with E-state index in [1.54, 1.807) is 0 Å². The minimum atomic E-state index is -2.78. The van der Waals surface area contributed by atoms with Gasteiger partial charge >= 0.3 is 0 Å². The number of benzene rings is 11. The van der Waals surface area contributed by atoms with Crippen molar-refractivity contribution in [3.8, 4) is 22.3 Å². The Bertz CT molecular complexity index is 3420. The summed E-state index contributed by atoms with van der Waals surface area (Å²) < 4.78 is 0. The molecule has 2 nitrogen and oxygen atoms in total. The molecule has 11 aromatic carbocycles. The normalized spacial score (nSPS) is 12.7. The average Bonchev–Trinajstić information content (AvgIpc) is 3.39. The Morgan fingerprint density at radius 2 is 0.769 bits per heavy atom. The van der Waals surface area contributed by atoms with E-state index >= 15 is 0 Å². The molecule has 0 fully saturated rings. The Balaban J connectivity index is 1.01. The van der Waals surface area contributed by atoms with Crippen LogP contribution in [-0.2, 0) is 0 Å². The maximum atomic E-state index is 2.49. The summed E-state index contributed by atoms with van der Waals surface area (Å²) >= 11 is 0. The van der Waals surface area contributed by atoms with Crippen molar-refractivity contribution in [3.05, 3.63) is 267 Å². The van der Waals surface area contributed by atoms with Gasteiger partial charge in [-0.3, -0.25) is 0 Å². The summed E-state index contributed by atoms with van der Waals surface area (Å²) in [5.74, 6) is 0. The Labute approximate surface area is 381 Å². The molecule has 0 aromatic heterocycles. The summed E-state index contributed by atoms with van der Waals surface area (Å²) in [4.78, 5) is 4.87. The van der Waals surface area contributed by atoms with Gasteiger partial charge in [-0.2, -0.15) is 0 Å². The summed E-state index contributed by atoms with van der Waals surface area (Å²) in [5.41, 5.74) is 11.7. The van der Waals surface area contributed by atoms with Crippen LogP contribution in [0.1, 0.15) is 0 Å². The largest absolute Gasteiger partial charge is 0.311 e. The highest BCUT2D eigenvalue weighted by molar-refractivity contribution is 7.21. The summed E-state index contributed by atoms with van der Waals surface area (Å²) in [6.07, 6.45) is 0. The quantitative estimate of drug-likeness (QED) is 0.111. The first kappa shape index (κ1) is 38.4. The predicted molar refractivity (Wildman–Crippen MR) is 279 cm³/mol. The molecular formula is C62H44N2Si. The van der Waals surface area contributed by atoms with Gasteiger partial charge in [-0.15, -0.1) is 0 Å². The molecule has 0 aliphatic carbocycles. The Morgan fingerprint density at radius 1 is 0.292 bits per heavy atom. The lowest BCUT2D eigenvalue weighted by Gasteiger charge is -2.45. The third kappa shape index (κ3) is 6.56. The van der Waals surface area contributed by atoms with E-state index in [1.807, 2.05) is 0 Å². The van der Waals surface area contributed by atoms with Crippen molar-refractivity contribution in [3.63, 3.8) is 0 Å². The first-order valence-corrected chi connectivity index (χ1v) is 24.4. The Morgan fingerprint density at radius 3 is 1.45 bits per heavy atom. The van der Waals surface area contributed by atoms with Crippen molar-refractivity contribution in [2.75, 3.05) is 9.80 Å². The van der Waals surface area contributed by atoms with Crippen molar-refractivity contribution in [2.45, 2.75) is 0 Å². The van der Waals surface area contributed by atoms with Gasteiger partial charge in [-0.25, -0.2) is 0 Å². The second-order valence-electron chi connectivity index (χ2n) is 16.9. The van der Waals surface area contributed by atoms with Crippen LogP contribution in [-0.4, -0.2) is 8.07 Å².